The third-order valence-corrected chi connectivity index (χ3v) is 3.58. The van der Waals surface area contributed by atoms with Crippen molar-refractivity contribution >= 4 is 29.5 Å². The number of thioether (sulfide) groups is 1. The number of benzene rings is 1. The fourth-order valence-electron chi connectivity index (χ4n) is 1.60. The first kappa shape index (κ1) is 13.3. The number of nitro benzene ring substituents is 1. The van der Waals surface area contributed by atoms with Gasteiger partial charge in [0.05, 0.1) is 4.92 Å². The number of cyclic esters (lactones) is 2. The van der Waals surface area contributed by atoms with Crippen LogP contribution in [0.4, 0.5) is 10.5 Å². The molecule has 1 aromatic carbocycles. The smallest absolute Gasteiger partial charge is 0.375 e. The molecule has 8 heteroatoms. The highest BCUT2D eigenvalue weighted by molar-refractivity contribution is 7.98. The maximum Gasteiger partial charge on any atom is 0.415 e. The maximum absolute atomic E-state index is 11.2. The van der Waals surface area contributed by atoms with E-state index in [9.17, 15) is 19.7 Å². The lowest BCUT2D eigenvalue weighted by Crippen LogP contribution is -2.31. The monoisotopic (exact) mass is 282 g/mol. The van der Waals surface area contributed by atoms with E-state index in [1.54, 1.807) is 18.2 Å². The third kappa shape index (κ3) is 3.22. The van der Waals surface area contributed by atoms with Crippen LogP contribution in [0.5, 0.6) is 0 Å². The van der Waals surface area contributed by atoms with E-state index in [2.05, 4.69) is 10.1 Å². The molecule has 1 heterocycles. The molecule has 1 aromatic rings. The van der Waals surface area contributed by atoms with Crippen LogP contribution in [0.3, 0.4) is 0 Å². The molecule has 1 atom stereocenters. The molecule has 7 nitrogen and oxygen atoms in total. The van der Waals surface area contributed by atoms with Crippen molar-refractivity contribution in [3.05, 3.63) is 39.9 Å². The molecule has 0 bridgehead atoms. The number of amides is 1. The lowest BCUT2D eigenvalue weighted by Gasteiger charge is -2.05. The number of hydrogen-bond acceptors (Lipinski definition) is 6. The average Bonchev–Trinajstić information content (AvgIpc) is 2.68. The summed E-state index contributed by atoms with van der Waals surface area (Å²) in [5, 5.41) is 13.2. The Bertz CT molecular complexity index is 534. The second-order valence-electron chi connectivity index (χ2n) is 3.81. The number of esters is 1. The fourth-order valence-corrected chi connectivity index (χ4v) is 2.64. The Morgan fingerprint density at radius 2 is 2.11 bits per heavy atom. The largest absolute Gasteiger partial charge is 0.415 e. The topological polar surface area (TPSA) is 98.5 Å². The molecule has 0 aromatic heterocycles. The van der Waals surface area contributed by atoms with E-state index in [-0.39, 0.29) is 5.69 Å². The zero-order valence-electron chi connectivity index (χ0n) is 9.70. The highest BCUT2D eigenvalue weighted by Gasteiger charge is 2.32. The highest BCUT2D eigenvalue weighted by Crippen LogP contribution is 2.23. The molecule has 1 aliphatic rings. The van der Waals surface area contributed by atoms with Gasteiger partial charge in [-0.1, -0.05) is 18.2 Å². The van der Waals surface area contributed by atoms with E-state index in [4.69, 9.17) is 0 Å². The Morgan fingerprint density at radius 3 is 2.74 bits per heavy atom. The first-order valence-corrected chi connectivity index (χ1v) is 6.55. The number of nitro groups is 1. The van der Waals surface area contributed by atoms with Crippen LogP contribution in [0.15, 0.2) is 24.3 Å². The summed E-state index contributed by atoms with van der Waals surface area (Å²) < 4.78 is 4.33. The van der Waals surface area contributed by atoms with Crippen LogP contribution >= 0.6 is 11.8 Å². The van der Waals surface area contributed by atoms with Gasteiger partial charge in [0.1, 0.15) is 6.04 Å². The standard InChI is InChI=1S/C11H10N2O5S/c14-10-8(12-11(15)18-10)6-19-5-7-3-1-2-4-9(7)13(16)17/h1-4,8H,5-6H2,(H,12,15)/t8-/m1/s1. The van der Waals surface area contributed by atoms with E-state index in [0.29, 0.717) is 17.1 Å². The summed E-state index contributed by atoms with van der Waals surface area (Å²) in [4.78, 5) is 32.3. The molecule has 100 valence electrons. The summed E-state index contributed by atoms with van der Waals surface area (Å²) >= 11 is 1.32. The first-order chi connectivity index (χ1) is 9.08. The van der Waals surface area contributed by atoms with Crippen LogP contribution in [0.2, 0.25) is 0 Å². The van der Waals surface area contributed by atoms with E-state index < -0.39 is 23.0 Å². The molecule has 1 fully saturated rings. The number of para-hydroxylation sites is 1. The Hall–Kier alpha value is -2.09. The van der Waals surface area contributed by atoms with Crippen molar-refractivity contribution in [1.82, 2.24) is 5.32 Å². The minimum Gasteiger partial charge on any atom is -0.375 e. The second-order valence-corrected chi connectivity index (χ2v) is 4.84. The van der Waals surface area contributed by atoms with Crippen molar-refractivity contribution in [2.24, 2.45) is 0 Å². The summed E-state index contributed by atoms with van der Waals surface area (Å²) in [7, 11) is 0. The van der Waals surface area contributed by atoms with Crippen LogP contribution in [-0.2, 0) is 15.3 Å². The van der Waals surface area contributed by atoms with Gasteiger partial charge in [-0.05, 0) is 0 Å². The van der Waals surface area contributed by atoms with Crippen molar-refractivity contribution in [1.29, 1.82) is 0 Å². The van der Waals surface area contributed by atoms with Crippen molar-refractivity contribution in [2.75, 3.05) is 5.75 Å². The summed E-state index contributed by atoms with van der Waals surface area (Å²) in [5.41, 5.74) is 0.628. The molecule has 0 aliphatic carbocycles. The summed E-state index contributed by atoms with van der Waals surface area (Å²) in [6, 6.07) is 5.73. The van der Waals surface area contributed by atoms with Crippen molar-refractivity contribution < 1.29 is 19.2 Å². The van der Waals surface area contributed by atoms with Crippen molar-refractivity contribution in [3.8, 4) is 0 Å². The Morgan fingerprint density at radius 1 is 1.37 bits per heavy atom. The summed E-state index contributed by atoms with van der Waals surface area (Å²) in [5.74, 6) is 0.0908. The zero-order chi connectivity index (χ0) is 13.8. The van der Waals surface area contributed by atoms with E-state index >= 15 is 0 Å². The fraction of sp³-hybridized carbons (Fsp3) is 0.273. The predicted octanol–water partition coefficient (Wildman–Crippen LogP) is 1.46. The molecular weight excluding hydrogens is 272 g/mol. The Kier molecular flexibility index (Phi) is 4.00. The van der Waals surface area contributed by atoms with Crippen LogP contribution < -0.4 is 5.32 Å². The number of nitrogens with one attached hydrogen (secondary N) is 1. The molecule has 2 rings (SSSR count). The van der Waals surface area contributed by atoms with Gasteiger partial charge in [0, 0.05) is 23.1 Å². The normalized spacial score (nSPS) is 18.0. The molecule has 1 N–H and O–H groups in total. The Labute approximate surface area is 112 Å². The molecule has 0 unspecified atom stereocenters. The zero-order valence-corrected chi connectivity index (χ0v) is 10.5. The molecule has 0 saturated carbocycles. The van der Waals surface area contributed by atoms with Crippen molar-refractivity contribution in [2.45, 2.75) is 11.8 Å². The van der Waals surface area contributed by atoms with Crippen molar-refractivity contribution in [3.63, 3.8) is 0 Å². The number of alkyl carbamates (subject to hydrolysis) is 1. The van der Waals surface area contributed by atoms with Gasteiger partial charge in [0.25, 0.3) is 5.69 Å². The number of carbonyl (C=O) groups is 2. The van der Waals surface area contributed by atoms with Crippen LogP contribution in [0, 0.1) is 10.1 Å². The van der Waals surface area contributed by atoms with Gasteiger partial charge in [-0.2, -0.15) is 11.8 Å². The molecule has 0 radical (unpaired) electrons. The first-order valence-electron chi connectivity index (χ1n) is 5.40. The average molecular weight is 282 g/mol. The minimum atomic E-state index is -0.749. The van der Waals surface area contributed by atoms with Gasteiger partial charge >= 0.3 is 12.1 Å². The lowest BCUT2D eigenvalue weighted by atomic mass is 10.2. The van der Waals surface area contributed by atoms with Crippen LogP contribution in [0.1, 0.15) is 5.56 Å². The number of ether oxygens (including phenoxy) is 1. The lowest BCUT2D eigenvalue weighted by molar-refractivity contribution is -0.385. The summed E-state index contributed by atoms with van der Waals surface area (Å²) in [6.45, 7) is 0. The number of rotatable bonds is 5. The van der Waals surface area contributed by atoms with Gasteiger partial charge in [0.15, 0.2) is 0 Å². The minimum absolute atomic E-state index is 0.0491. The summed E-state index contributed by atoms with van der Waals surface area (Å²) in [6.07, 6.45) is -0.749. The van der Waals surface area contributed by atoms with E-state index in [0.717, 1.165) is 0 Å². The second kappa shape index (κ2) is 5.70. The van der Waals surface area contributed by atoms with E-state index in [1.165, 1.54) is 17.8 Å². The molecular formula is C11H10N2O5S. The number of hydrogen-bond donors (Lipinski definition) is 1. The van der Waals surface area contributed by atoms with Gasteiger partial charge < -0.3 is 10.1 Å². The quantitative estimate of drug-likeness (QED) is 0.380. The molecule has 19 heavy (non-hydrogen) atoms. The molecule has 1 amide bonds. The van der Waals surface area contributed by atoms with Crippen LogP contribution in [-0.4, -0.2) is 28.8 Å². The highest BCUT2D eigenvalue weighted by atomic mass is 32.2. The van der Waals surface area contributed by atoms with Gasteiger partial charge in [0.2, 0.25) is 0 Å². The van der Waals surface area contributed by atoms with Gasteiger partial charge in [-0.3, -0.25) is 10.1 Å². The molecule has 0 spiro atoms. The molecule has 1 aliphatic heterocycles. The molecule has 1 saturated heterocycles. The van der Waals surface area contributed by atoms with Gasteiger partial charge in [-0.25, -0.2) is 9.59 Å². The maximum atomic E-state index is 11.2. The number of carbonyl (C=O) groups excluding carboxylic acids is 2. The third-order valence-electron chi connectivity index (χ3n) is 2.50. The SMILES string of the molecule is O=C1N[C@H](CSCc2ccccc2[N+](=O)[O-])C(=O)O1. The van der Waals surface area contributed by atoms with Gasteiger partial charge in [-0.15, -0.1) is 0 Å². The van der Waals surface area contributed by atoms with Crippen LogP contribution in [0.25, 0.3) is 0 Å². The Balaban J connectivity index is 1.91. The number of nitrogens with zero attached hydrogens (tertiary/aromatic N) is 1. The van der Waals surface area contributed by atoms with E-state index in [1.807, 2.05) is 0 Å². The predicted molar refractivity (Wildman–Crippen MR) is 67.7 cm³/mol.